The third-order valence-electron chi connectivity index (χ3n) is 3.36. The summed E-state index contributed by atoms with van der Waals surface area (Å²) in [5.41, 5.74) is 9.09. The molecule has 0 aromatic heterocycles. The smallest absolute Gasteiger partial charge is 0.0555 e. The molecule has 108 valence electrons. The predicted molar refractivity (Wildman–Crippen MR) is 88.6 cm³/mol. The van der Waals surface area contributed by atoms with Gasteiger partial charge in [-0.05, 0) is 29.8 Å². The molecule has 0 saturated heterocycles. The van der Waals surface area contributed by atoms with Gasteiger partial charge in [0.15, 0.2) is 0 Å². The Hall–Kier alpha value is -2.08. The molecule has 2 N–H and O–H groups in total. The molecule has 2 nitrogen and oxygen atoms in total. The molecule has 0 radical (unpaired) electrons. The van der Waals surface area contributed by atoms with Crippen LogP contribution in [-0.2, 0) is 13.1 Å². The van der Waals surface area contributed by atoms with Gasteiger partial charge in [-0.15, -0.1) is 0 Å². The van der Waals surface area contributed by atoms with Gasteiger partial charge in [-0.3, -0.25) is 4.90 Å². The molecule has 0 spiro atoms. The maximum atomic E-state index is 5.42. The highest BCUT2D eigenvalue weighted by molar-refractivity contribution is 5.37. The van der Waals surface area contributed by atoms with Gasteiger partial charge in [0.2, 0.25) is 0 Å². The molecule has 2 heteroatoms. The molecule has 0 fully saturated rings. The van der Waals surface area contributed by atoms with Gasteiger partial charge in [0, 0.05) is 18.7 Å². The summed E-state index contributed by atoms with van der Waals surface area (Å²) in [5.74, 6) is 6.00. The lowest BCUT2D eigenvalue weighted by Crippen LogP contribution is -2.22. The van der Waals surface area contributed by atoms with Crippen molar-refractivity contribution < 1.29 is 0 Å². The Bertz CT molecular complexity index is 608. The van der Waals surface area contributed by atoms with Crippen molar-refractivity contribution in [3.8, 4) is 11.8 Å². The molecule has 0 unspecified atom stereocenters. The van der Waals surface area contributed by atoms with E-state index in [2.05, 4.69) is 72.2 Å². The molecule has 0 saturated carbocycles. The zero-order valence-corrected chi connectivity index (χ0v) is 12.5. The van der Waals surface area contributed by atoms with Crippen LogP contribution in [0.15, 0.2) is 54.6 Å². The van der Waals surface area contributed by atoms with E-state index < -0.39 is 0 Å². The van der Waals surface area contributed by atoms with Gasteiger partial charge < -0.3 is 5.73 Å². The van der Waals surface area contributed by atoms with E-state index in [4.69, 9.17) is 5.73 Å². The quantitative estimate of drug-likeness (QED) is 0.852. The van der Waals surface area contributed by atoms with Crippen LogP contribution in [-0.4, -0.2) is 18.0 Å². The highest BCUT2D eigenvalue weighted by Gasteiger charge is 2.05. The number of rotatable bonds is 5. The molecule has 0 aliphatic carbocycles. The minimum absolute atomic E-state index is 0.402. The summed E-state index contributed by atoms with van der Waals surface area (Å²) in [6, 6.07) is 19.0. The lowest BCUT2D eigenvalue weighted by molar-refractivity contribution is 0.271. The highest BCUT2D eigenvalue weighted by atomic mass is 15.1. The number of benzene rings is 2. The Morgan fingerprint density at radius 2 is 1.67 bits per heavy atom. The van der Waals surface area contributed by atoms with Crippen molar-refractivity contribution >= 4 is 0 Å². The predicted octanol–water partition coefficient (Wildman–Crippen LogP) is 3.02. The average molecular weight is 278 g/mol. The van der Waals surface area contributed by atoms with Crippen LogP contribution in [0.25, 0.3) is 0 Å². The fraction of sp³-hybridized carbons (Fsp3) is 0.263. The lowest BCUT2D eigenvalue weighted by Gasteiger charge is -2.20. The largest absolute Gasteiger partial charge is 0.320 e. The molecular formula is C19H22N2. The van der Waals surface area contributed by atoms with Crippen LogP contribution < -0.4 is 5.73 Å². The van der Waals surface area contributed by atoms with E-state index in [0.717, 1.165) is 25.2 Å². The minimum atomic E-state index is 0.402. The van der Waals surface area contributed by atoms with Crippen molar-refractivity contribution in [1.82, 2.24) is 4.90 Å². The fourth-order valence-electron chi connectivity index (χ4n) is 2.28. The Kier molecular flexibility index (Phi) is 6.02. The van der Waals surface area contributed by atoms with E-state index in [1.54, 1.807) is 0 Å². The van der Waals surface area contributed by atoms with E-state index in [0.29, 0.717) is 6.54 Å². The van der Waals surface area contributed by atoms with Gasteiger partial charge in [-0.1, -0.05) is 61.2 Å². The SMILES string of the molecule is CCN(Cc1ccccc1)Cc1cccc(C#CCN)c1. The number of hydrogen-bond donors (Lipinski definition) is 1. The molecule has 0 amide bonds. The third-order valence-corrected chi connectivity index (χ3v) is 3.36. The molecular weight excluding hydrogens is 256 g/mol. The normalized spacial score (nSPS) is 10.2. The van der Waals surface area contributed by atoms with Crippen LogP contribution in [0.4, 0.5) is 0 Å². The zero-order valence-electron chi connectivity index (χ0n) is 12.5. The summed E-state index contributed by atoms with van der Waals surface area (Å²) < 4.78 is 0. The summed E-state index contributed by atoms with van der Waals surface area (Å²) in [6.45, 7) is 5.52. The van der Waals surface area contributed by atoms with E-state index in [1.807, 2.05) is 6.07 Å². The highest BCUT2D eigenvalue weighted by Crippen LogP contribution is 2.11. The summed E-state index contributed by atoms with van der Waals surface area (Å²) in [6.07, 6.45) is 0. The van der Waals surface area contributed by atoms with Crippen LogP contribution in [0.3, 0.4) is 0 Å². The molecule has 0 atom stereocenters. The molecule has 0 aliphatic rings. The second-order valence-electron chi connectivity index (χ2n) is 5.00. The first-order valence-electron chi connectivity index (χ1n) is 7.36. The van der Waals surface area contributed by atoms with Gasteiger partial charge in [0.05, 0.1) is 6.54 Å². The molecule has 0 bridgehead atoms. The van der Waals surface area contributed by atoms with Gasteiger partial charge in [-0.2, -0.15) is 0 Å². The van der Waals surface area contributed by atoms with E-state index in [1.165, 1.54) is 11.1 Å². The second-order valence-corrected chi connectivity index (χ2v) is 5.00. The van der Waals surface area contributed by atoms with Crippen molar-refractivity contribution in [2.24, 2.45) is 5.73 Å². The number of nitrogens with zero attached hydrogens (tertiary/aromatic N) is 1. The van der Waals surface area contributed by atoms with Crippen LogP contribution in [0, 0.1) is 11.8 Å². The Labute approximate surface area is 127 Å². The topological polar surface area (TPSA) is 29.3 Å². The van der Waals surface area contributed by atoms with Crippen LogP contribution in [0.5, 0.6) is 0 Å². The lowest BCUT2D eigenvalue weighted by atomic mass is 10.1. The Morgan fingerprint density at radius 3 is 2.38 bits per heavy atom. The zero-order chi connectivity index (χ0) is 14.9. The van der Waals surface area contributed by atoms with E-state index in [9.17, 15) is 0 Å². The van der Waals surface area contributed by atoms with Gasteiger partial charge >= 0.3 is 0 Å². The van der Waals surface area contributed by atoms with Crippen molar-refractivity contribution in [2.45, 2.75) is 20.0 Å². The van der Waals surface area contributed by atoms with Gasteiger partial charge in [-0.25, -0.2) is 0 Å². The van der Waals surface area contributed by atoms with Crippen LogP contribution in [0.2, 0.25) is 0 Å². The minimum Gasteiger partial charge on any atom is -0.320 e. The maximum absolute atomic E-state index is 5.42. The van der Waals surface area contributed by atoms with Gasteiger partial charge in [0.1, 0.15) is 0 Å². The van der Waals surface area contributed by atoms with Gasteiger partial charge in [0.25, 0.3) is 0 Å². The van der Waals surface area contributed by atoms with E-state index >= 15 is 0 Å². The molecule has 0 heterocycles. The standard InChI is InChI=1S/C19H22N2/c1-2-21(15-18-8-4-3-5-9-18)16-19-11-6-10-17(14-19)12-7-13-20/h3-6,8-11,14H,2,13,15-16,20H2,1H3. The summed E-state index contributed by atoms with van der Waals surface area (Å²) >= 11 is 0. The van der Waals surface area contributed by atoms with Crippen LogP contribution in [0.1, 0.15) is 23.6 Å². The second kappa shape index (κ2) is 8.26. The first-order chi connectivity index (χ1) is 10.3. The first-order valence-corrected chi connectivity index (χ1v) is 7.36. The van der Waals surface area contributed by atoms with Crippen molar-refractivity contribution in [3.05, 3.63) is 71.3 Å². The molecule has 2 aromatic carbocycles. The summed E-state index contributed by atoms with van der Waals surface area (Å²) in [5, 5.41) is 0. The number of nitrogens with two attached hydrogens (primary N) is 1. The fourth-order valence-corrected chi connectivity index (χ4v) is 2.28. The molecule has 0 aliphatic heterocycles. The number of hydrogen-bond acceptors (Lipinski definition) is 2. The molecule has 2 aromatic rings. The summed E-state index contributed by atoms with van der Waals surface area (Å²) in [7, 11) is 0. The maximum Gasteiger partial charge on any atom is 0.0555 e. The molecule has 21 heavy (non-hydrogen) atoms. The molecule has 2 rings (SSSR count). The summed E-state index contributed by atoms with van der Waals surface area (Å²) in [4.78, 5) is 2.42. The van der Waals surface area contributed by atoms with Crippen molar-refractivity contribution in [3.63, 3.8) is 0 Å². The Morgan fingerprint density at radius 1 is 0.952 bits per heavy atom. The van der Waals surface area contributed by atoms with Crippen molar-refractivity contribution in [2.75, 3.05) is 13.1 Å². The Balaban J connectivity index is 2.04. The van der Waals surface area contributed by atoms with Crippen molar-refractivity contribution in [1.29, 1.82) is 0 Å². The third kappa shape index (κ3) is 5.07. The average Bonchev–Trinajstić information content (AvgIpc) is 2.53. The van der Waals surface area contributed by atoms with E-state index in [-0.39, 0.29) is 0 Å². The first kappa shape index (κ1) is 15.3. The monoisotopic (exact) mass is 278 g/mol. The van der Waals surface area contributed by atoms with Crippen LogP contribution >= 0.6 is 0 Å².